The van der Waals surface area contributed by atoms with E-state index in [1.807, 2.05) is 43.8 Å². The number of aromatic nitrogens is 2. The van der Waals surface area contributed by atoms with Crippen LogP contribution >= 0.6 is 0 Å². The Labute approximate surface area is 128 Å². The van der Waals surface area contributed by atoms with Gasteiger partial charge in [0, 0.05) is 18.6 Å². The number of hydrogen-bond donors (Lipinski definition) is 2. The Bertz CT molecular complexity index is 910. The SMILES string of the molecule is Cc1ccc(O)c(C)c1-c1cc(C(N)=O)nc2c1ccn2C. The summed E-state index contributed by atoms with van der Waals surface area (Å²) in [7, 11) is 1.87. The van der Waals surface area contributed by atoms with E-state index in [0.717, 1.165) is 27.6 Å². The number of phenolic OH excluding ortho intramolecular Hbond substituents is 1. The van der Waals surface area contributed by atoms with Crippen LogP contribution in [0.4, 0.5) is 0 Å². The first-order chi connectivity index (χ1) is 10.4. The molecule has 3 aromatic rings. The summed E-state index contributed by atoms with van der Waals surface area (Å²) in [5, 5.41) is 10.9. The number of pyridine rings is 1. The first kappa shape index (κ1) is 14.1. The van der Waals surface area contributed by atoms with Crippen LogP contribution in [0.1, 0.15) is 21.6 Å². The topological polar surface area (TPSA) is 81.1 Å². The molecular formula is C17H17N3O2. The van der Waals surface area contributed by atoms with Crippen LogP contribution in [0.2, 0.25) is 0 Å². The number of nitrogens with two attached hydrogens (primary N) is 1. The number of nitrogens with zero attached hydrogens (tertiary/aromatic N) is 2. The summed E-state index contributed by atoms with van der Waals surface area (Å²) < 4.78 is 1.85. The van der Waals surface area contributed by atoms with E-state index in [0.29, 0.717) is 5.65 Å². The van der Waals surface area contributed by atoms with Crippen LogP contribution < -0.4 is 5.73 Å². The van der Waals surface area contributed by atoms with Crippen molar-refractivity contribution in [3.63, 3.8) is 0 Å². The van der Waals surface area contributed by atoms with Gasteiger partial charge in [-0.2, -0.15) is 0 Å². The number of hydrogen-bond acceptors (Lipinski definition) is 3. The second-order valence-electron chi connectivity index (χ2n) is 5.48. The summed E-state index contributed by atoms with van der Waals surface area (Å²) in [5.41, 5.74) is 9.86. The third-order valence-corrected chi connectivity index (χ3v) is 4.00. The normalized spacial score (nSPS) is 11.0. The van der Waals surface area contributed by atoms with Crippen molar-refractivity contribution in [2.24, 2.45) is 12.8 Å². The maximum absolute atomic E-state index is 11.6. The highest BCUT2D eigenvalue weighted by molar-refractivity contribution is 6.01. The highest BCUT2D eigenvalue weighted by Gasteiger charge is 2.17. The predicted molar refractivity (Wildman–Crippen MR) is 85.8 cm³/mol. The molecule has 0 aliphatic carbocycles. The maximum atomic E-state index is 11.6. The van der Waals surface area contributed by atoms with Gasteiger partial charge in [0.15, 0.2) is 0 Å². The number of benzene rings is 1. The van der Waals surface area contributed by atoms with Gasteiger partial charge in [0.1, 0.15) is 17.1 Å². The highest BCUT2D eigenvalue weighted by Crippen LogP contribution is 2.36. The van der Waals surface area contributed by atoms with Gasteiger partial charge in [-0.25, -0.2) is 4.98 Å². The van der Waals surface area contributed by atoms with Crippen LogP contribution in [-0.4, -0.2) is 20.6 Å². The average Bonchev–Trinajstić information content (AvgIpc) is 2.85. The van der Waals surface area contributed by atoms with Crippen molar-refractivity contribution in [2.45, 2.75) is 13.8 Å². The van der Waals surface area contributed by atoms with Gasteiger partial charge in [0.05, 0.1) is 0 Å². The van der Waals surface area contributed by atoms with Crippen molar-refractivity contribution in [1.82, 2.24) is 9.55 Å². The summed E-state index contributed by atoms with van der Waals surface area (Å²) in [5.74, 6) is -0.345. The molecule has 0 aliphatic heterocycles. The third kappa shape index (κ3) is 2.02. The lowest BCUT2D eigenvalue weighted by molar-refractivity contribution is 0.0996. The van der Waals surface area contributed by atoms with Gasteiger partial charge in [-0.3, -0.25) is 4.79 Å². The molecule has 2 heterocycles. The Hall–Kier alpha value is -2.82. The molecule has 5 heteroatoms. The number of primary amides is 1. The molecule has 0 aliphatic rings. The van der Waals surface area contributed by atoms with E-state index in [1.54, 1.807) is 12.1 Å². The van der Waals surface area contributed by atoms with Crippen LogP contribution in [0.3, 0.4) is 0 Å². The number of fused-ring (bicyclic) bond motifs is 1. The van der Waals surface area contributed by atoms with Crippen molar-refractivity contribution < 1.29 is 9.90 Å². The van der Waals surface area contributed by atoms with E-state index in [-0.39, 0.29) is 11.4 Å². The zero-order valence-corrected chi connectivity index (χ0v) is 12.7. The molecular weight excluding hydrogens is 278 g/mol. The van der Waals surface area contributed by atoms with Gasteiger partial charge >= 0.3 is 0 Å². The van der Waals surface area contributed by atoms with Gasteiger partial charge in [0.25, 0.3) is 5.91 Å². The second kappa shape index (κ2) is 4.87. The fourth-order valence-electron chi connectivity index (χ4n) is 2.82. The van der Waals surface area contributed by atoms with Crippen LogP contribution in [-0.2, 0) is 7.05 Å². The lowest BCUT2D eigenvalue weighted by atomic mass is 9.93. The Morgan fingerprint density at radius 1 is 1.27 bits per heavy atom. The molecule has 0 unspecified atom stereocenters. The smallest absolute Gasteiger partial charge is 0.267 e. The van der Waals surface area contributed by atoms with Gasteiger partial charge in [-0.1, -0.05) is 6.07 Å². The van der Waals surface area contributed by atoms with Gasteiger partial charge in [-0.15, -0.1) is 0 Å². The zero-order chi connectivity index (χ0) is 16.0. The van der Waals surface area contributed by atoms with Crippen molar-refractivity contribution >= 4 is 16.9 Å². The molecule has 5 nitrogen and oxygen atoms in total. The minimum absolute atomic E-state index is 0.214. The summed E-state index contributed by atoms with van der Waals surface area (Å²) in [6, 6.07) is 7.17. The molecule has 0 fully saturated rings. The van der Waals surface area contributed by atoms with Crippen LogP contribution in [0.25, 0.3) is 22.2 Å². The molecule has 112 valence electrons. The number of phenols is 1. The number of aryl methyl sites for hydroxylation is 2. The standard InChI is InChI=1S/C17H17N3O2/c1-9-4-5-14(21)10(2)15(9)12-8-13(16(18)22)19-17-11(12)6-7-20(17)3/h4-8,21H,1-3H3,(H2,18,22). The second-order valence-corrected chi connectivity index (χ2v) is 5.48. The fourth-order valence-corrected chi connectivity index (χ4v) is 2.82. The van der Waals surface area contributed by atoms with E-state index in [2.05, 4.69) is 4.98 Å². The predicted octanol–water partition coefficient (Wildman–Crippen LogP) is 2.66. The molecule has 0 spiro atoms. The molecule has 0 saturated heterocycles. The van der Waals surface area contributed by atoms with E-state index in [4.69, 9.17) is 5.73 Å². The minimum Gasteiger partial charge on any atom is -0.508 e. The number of carbonyl (C=O) groups excluding carboxylic acids is 1. The van der Waals surface area contributed by atoms with Gasteiger partial charge in [-0.05, 0) is 54.3 Å². The number of carbonyl (C=O) groups is 1. The van der Waals surface area contributed by atoms with E-state index >= 15 is 0 Å². The van der Waals surface area contributed by atoms with Gasteiger partial charge < -0.3 is 15.4 Å². The molecule has 1 aromatic carbocycles. The third-order valence-electron chi connectivity index (χ3n) is 4.00. The van der Waals surface area contributed by atoms with Crippen LogP contribution in [0.5, 0.6) is 5.75 Å². The lowest BCUT2D eigenvalue weighted by Gasteiger charge is -2.14. The van der Waals surface area contributed by atoms with Crippen molar-refractivity contribution in [2.75, 3.05) is 0 Å². The molecule has 0 bridgehead atoms. The zero-order valence-electron chi connectivity index (χ0n) is 12.7. The Kier molecular flexibility index (Phi) is 3.13. The van der Waals surface area contributed by atoms with E-state index in [9.17, 15) is 9.90 Å². The summed E-state index contributed by atoms with van der Waals surface area (Å²) >= 11 is 0. The maximum Gasteiger partial charge on any atom is 0.267 e. The Morgan fingerprint density at radius 2 is 2.00 bits per heavy atom. The molecule has 0 radical (unpaired) electrons. The molecule has 1 amide bonds. The lowest BCUT2D eigenvalue weighted by Crippen LogP contribution is -2.13. The van der Waals surface area contributed by atoms with E-state index in [1.165, 1.54) is 0 Å². The Morgan fingerprint density at radius 3 is 2.68 bits per heavy atom. The summed E-state index contributed by atoms with van der Waals surface area (Å²) in [6.07, 6.45) is 1.89. The van der Waals surface area contributed by atoms with Crippen molar-refractivity contribution in [3.8, 4) is 16.9 Å². The quantitative estimate of drug-likeness (QED) is 0.762. The number of amides is 1. The molecule has 2 aromatic heterocycles. The molecule has 3 N–H and O–H groups in total. The fraction of sp³-hybridized carbons (Fsp3) is 0.176. The van der Waals surface area contributed by atoms with Crippen LogP contribution in [0.15, 0.2) is 30.5 Å². The van der Waals surface area contributed by atoms with Crippen molar-refractivity contribution in [3.05, 3.63) is 47.3 Å². The first-order valence-electron chi connectivity index (χ1n) is 6.95. The van der Waals surface area contributed by atoms with Crippen molar-refractivity contribution in [1.29, 1.82) is 0 Å². The number of aromatic hydroxyl groups is 1. The summed E-state index contributed by atoms with van der Waals surface area (Å²) in [4.78, 5) is 15.9. The highest BCUT2D eigenvalue weighted by atomic mass is 16.3. The average molecular weight is 295 g/mol. The minimum atomic E-state index is -0.570. The molecule has 22 heavy (non-hydrogen) atoms. The molecule has 3 rings (SSSR count). The Balaban J connectivity index is 2.45. The largest absolute Gasteiger partial charge is 0.508 e. The summed E-state index contributed by atoms with van der Waals surface area (Å²) in [6.45, 7) is 3.83. The van der Waals surface area contributed by atoms with Crippen LogP contribution in [0, 0.1) is 13.8 Å². The molecule has 0 saturated carbocycles. The molecule has 0 atom stereocenters. The van der Waals surface area contributed by atoms with Gasteiger partial charge in [0.2, 0.25) is 0 Å². The first-order valence-corrected chi connectivity index (χ1v) is 6.95. The number of rotatable bonds is 2. The van der Waals surface area contributed by atoms with E-state index < -0.39 is 5.91 Å². The monoisotopic (exact) mass is 295 g/mol.